The largest absolute Gasteiger partial charge is 0.378 e. The molecule has 0 spiro atoms. The Morgan fingerprint density at radius 3 is 2.50 bits per heavy atom. The molecule has 2 fully saturated rings. The maximum absolute atomic E-state index is 12.8. The molecule has 2 bridgehead atoms. The molecule has 28 heavy (non-hydrogen) atoms. The summed E-state index contributed by atoms with van der Waals surface area (Å²) in [4.78, 5) is 27.1. The Morgan fingerprint density at radius 1 is 1.18 bits per heavy atom. The molecule has 2 aliphatic rings. The molecule has 0 radical (unpaired) electrons. The maximum atomic E-state index is 12.8. The number of hydrogen-bond acceptors (Lipinski definition) is 4. The van der Waals surface area contributed by atoms with E-state index in [1.54, 1.807) is 21.8 Å². The Hall–Kier alpha value is -2.19. The van der Waals surface area contributed by atoms with E-state index in [9.17, 15) is 9.59 Å². The summed E-state index contributed by atoms with van der Waals surface area (Å²) in [5.74, 6) is -0.744. The van der Waals surface area contributed by atoms with Crippen LogP contribution < -0.4 is 5.32 Å². The highest BCUT2D eigenvalue weighted by molar-refractivity contribution is 9.10. The second-order valence-corrected chi connectivity index (χ2v) is 8.14. The molecule has 148 valence electrons. The molecule has 2 aromatic rings. The fourth-order valence-corrected chi connectivity index (χ4v) is 4.51. The summed E-state index contributed by atoms with van der Waals surface area (Å²) in [7, 11) is 0. The van der Waals surface area contributed by atoms with Crippen molar-refractivity contribution in [1.29, 1.82) is 0 Å². The fraction of sp³-hybridized carbons (Fsp3) is 0.450. The summed E-state index contributed by atoms with van der Waals surface area (Å²) in [5, 5.41) is 6.99. The summed E-state index contributed by atoms with van der Waals surface area (Å²) in [6.07, 6.45) is 5.43. The molecular formula is C20H23BrN4O3. The predicted molar refractivity (Wildman–Crippen MR) is 108 cm³/mol. The topological polar surface area (TPSA) is 76.5 Å². The van der Waals surface area contributed by atoms with Gasteiger partial charge in [0.1, 0.15) is 0 Å². The quantitative estimate of drug-likeness (QED) is 0.731. The van der Waals surface area contributed by atoms with E-state index in [0.29, 0.717) is 12.4 Å². The van der Waals surface area contributed by atoms with Gasteiger partial charge in [-0.3, -0.25) is 9.59 Å². The van der Waals surface area contributed by atoms with E-state index in [-0.39, 0.29) is 18.2 Å². The number of aromatic nitrogens is 2. The third-order valence-corrected chi connectivity index (χ3v) is 5.97. The van der Waals surface area contributed by atoms with E-state index in [1.165, 1.54) is 0 Å². The van der Waals surface area contributed by atoms with Gasteiger partial charge in [-0.25, -0.2) is 4.68 Å². The number of amides is 2. The minimum atomic E-state index is -0.632. The first-order valence-corrected chi connectivity index (χ1v) is 10.4. The number of rotatable bonds is 4. The van der Waals surface area contributed by atoms with Gasteiger partial charge in [0.25, 0.3) is 0 Å². The number of hydrogen-bond donors (Lipinski definition) is 1. The number of nitrogens with zero attached hydrogens (tertiary/aromatic N) is 3. The van der Waals surface area contributed by atoms with Crippen molar-refractivity contribution in [3.8, 4) is 5.69 Å². The van der Waals surface area contributed by atoms with Crippen molar-refractivity contribution in [2.24, 2.45) is 0 Å². The highest BCUT2D eigenvalue weighted by atomic mass is 79.9. The number of carbonyl (C=O) groups excluding carboxylic acids is 2. The van der Waals surface area contributed by atoms with Crippen LogP contribution in [0, 0.1) is 0 Å². The maximum Gasteiger partial charge on any atom is 0.315 e. The number of anilines is 1. The second kappa shape index (κ2) is 8.05. The number of carbonyl (C=O) groups is 2. The average Bonchev–Trinajstić information content (AvgIpc) is 3.24. The molecule has 0 aliphatic carbocycles. The van der Waals surface area contributed by atoms with Crippen LogP contribution in [-0.2, 0) is 14.3 Å². The Balaban J connectivity index is 1.40. The number of ether oxygens (including phenoxy) is 1. The lowest BCUT2D eigenvalue weighted by Gasteiger charge is -2.38. The van der Waals surface area contributed by atoms with Gasteiger partial charge in [0.2, 0.25) is 0 Å². The number of piperidine rings is 1. The van der Waals surface area contributed by atoms with E-state index in [0.717, 1.165) is 35.8 Å². The first-order valence-electron chi connectivity index (χ1n) is 9.62. The fourth-order valence-electron chi connectivity index (χ4n) is 4.25. The predicted octanol–water partition coefficient (Wildman–Crippen LogP) is 3.13. The zero-order valence-electron chi connectivity index (χ0n) is 15.7. The summed E-state index contributed by atoms with van der Waals surface area (Å²) < 4.78 is 8.38. The van der Waals surface area contributed by atoms with Gasteiger partial charge in [-0.2, -0.15) is 5.10 Å². The summed E-state index contributed by atoms with van der Waals surface area (Å²) in [6, 6.07) is 9.52. The summed E-state index contributed by atoms with van der Waals surface area (Å²) in [6.45, 7) is 2.67. The molecule has 3 heterocycles. The Morgan fingerprint density at radius 2 is 1.86 bits per heavy atom. The molecule has 2 atom stereocenters. The van der Waals surface area contributed by atoms with Crippen molar-refractivity contribution >= 4 is 33.6 Å². The minimum Gasteiger partial charge on any atom is -0.378 e. The normalized spacial score (nSPS) is 23.6. The van der Waals surface area contributed by atoms with Crippen LogP contribution in [0.2, 0.25) is 0 Å². The molecule has 7 nitrogen and oxygen atoms in total. The Kier molecular flexibility index (Phi) is 5.50. The van der Waals surface area contributed by atoms with Crippen LogP contribution in [0.15, 0.2) is 41.0 Å². The molecule has 2 saturated heterocycles. The second-order valence-electron chi connectivity index (χ2n) is 7.22. The molecule has 1 aromatic carbocycles. The third-order valence-electron chi connectivity index (χ3n) is 5.44. The summed E-state index contributed by atoms with van der Waals surface area (Å²) >= 11 is 3.40. The van der Waals surface area contributed by atoms with Gasteiger partial charge in [0.05, 0.1) is 11.8 Å². The zero-order chi connectivity index (χ0) is 19.7. The van der Waals surface area contributed by atoms with E-state index < -0.39 is 11.8 Å². The van der Waals surface area contributed by atoms with Crippen LogP contribution in [0.5, 0.6) is 0 Å². The average molecular weight is 447 g/mol. The molecule has 2 amide bonds. The molecule has 8 heteroatoms. The summed E-state index contributed by atoms with van der Waals surface area (Å²) in [5.41, 5.74) is 0.867. The van der Waals surface area contributed by atoms with E-state index in [1.807, 2.05) is 31.2 Å². The molecule has 2 unspecified atom stereocenters. The highest BCUT2D eigenvalue weighted by Gasteiger charge is 2.45. The van der Waals surface area contributed by atoms with Crippen LogP contribution >= 0.6 is 15.9 Å². The smallest absolute Gasteiger partial charge is 0.315 e. The van der Waals surface area contributed by atoms with Gasteiger partial charge in [0.15, 0.2) is 5.82 Å². The van der Waals surface area contributed by atoms with Gasteiger partial charge in [-0.1, -0.05) is 15.9 Å². The third kappa shape index (κ3) is 3.84. The van der Waals surface area contributed by atoms with Crippen molar-refractivity contribution in [3.05, 3.63) is 41.0 Å². The monoisotopic (exact) mass is 446 g/mol. The van der Waals surface area contributed by atoms with Gasteiger partial charge >= 0.3 is 11.8 Å². The van der Waals surface area contributed by atoms with E-state index >= 15 is 0 Å². The van der Waals surface area contributed by atoms with Crippen LogP contribution in [0.3, 0.4) is 0 Å². The van der Waals surface area contributed by atoms with Crippen LogP contribution in [0.4, 0.5) is 5.82 Å². The minimum absolute atomic E-state index is 0.0915. The van der Waals surface area contributed by atoms with Gasteiger partial charge in [0, 0.05) is 35.4 Å². The molecule has 0 saturated carbocycles. The van der Waals surface area contributed by atoms with Crippen LogP contribution in [0.25, 0.3) is 5.69 Å². The zero-order valence-corrected chi connectivity index (χ0v) is 17.3. The molecule has 4 rings (SSSR count). The van der Waals surface area contributed by atoms with Crippen LogP contribution in [-0.4, -0.2) is 51.3 Å². The van der Waals surface area contributed by atoms with E-state index in [2.05, 4.69) is 26.3 Å². The highest BCUT2D eigenvalue weighted by Crippen LogP contribution is 2.37. The molecular weight excluding hydrogens is 424 g/mol. The first kappa shape index (κ1) is 19.1. The molecule has 2 aliphatic heterocycles. The Bertz CT molecular complexity index is 853. The lowest BCUT2D eigenvalue weighted by atomic mass is 9.99. The van der Waals surface area contributed by atoms with Gasteiger partial charge in [-0.15, -0.1) is 0 Å². The van der Waals surface area contributed by atoms with Crippen molar-refractivity contribution in [1.82, 2.24) is 14.7 Å². The van der Waals surface area contributed by atoms with Crippen molar-refractivity contribution in [2.75, 3.05) is 11.9 Å². The van der Waals surface area contributed by atoms with Crippen molar-refractivity contribution in [3.63, 3.8) is 0 Å². The van der Waals surface area contributed by atoms with Crippen molar-refractivity contribution < 1.29 is 14.3 Å². The Labute approximate surface area is 172 Å². The molecule has 1 aromatic heterocycles. The molecule has 1 N–H and O–H groups in total. The van der Waals surface area contributed by atoms with Gasteiger partial charge in [-0.05, 0) is 56.9 Å². The standard InChI is InChI=1S/C20H23BrN4O3/c1-2-28-17-11-15-7-8-16(12-17)25(15)20(27)19(26)22-18-9-10-24(23-18)14-5-3-13(21)4-6-14/h3-6,9-10,15-17H,2,7-8,11-12H2,1H3,(H,22,23,26). The van der Waals surface area contributed by atoms with Crippen LogP contribution in [0.1, 0.15) is 32.6 Å². The number of fused-ring (bicyclic) bond motifs is 2. The number of nitrogens with one attached hydrogen (secondary N) is 1. The lowest BCUT2D eigenvalue weighted by molar-refractivity contribution is -0.148. The lowest BCUT2D eigenvalue weighted by Crippen LogP contribution is -2.52. The first-order chi connectivity index (χ1) is 13.5. The van der Waals surface area contributed by atoms with Gasteiger partial charge < -0.3 is 15.0 Å². The van der Waals surface area contributed by atoms with Crippen molar-refractivity contribution in [2.45, 2.75) is 50.8 Å². The SMILES string of the molecule is CCOC1CC2CCC(C1)N2C(=O)C(=O)Nc1ccn(-c2ccc(Br)cc2)n1. The number of benzene rings is 1. The number of halogens is 1. The van der Waals surface area contributed by atoms with E-state index in [4.69, 9.17) is 4.74 Å².